The summed E-state index contributed by atoms with van der Waals surface area (Å²) in [7, 11) is 0. The van der Waals surface area contributed by atoms with E-state index in [0.717, 1.165) is 11.3 Å². The zero-order chi connectivity index (χ0) is 14.5. The normalized spacial score (nSPS) is 10.2. The van der Waals surface area contributed by atoms with E-state index in [0.29, 0.717) is 11.0 Å². The molecule has 2 N–H and O–H groups in total. The number of nitrogens with two attached hydrogens (primary N) is 1. The lowest BCUT2D eigenvalue weighted by molar-refractivity contribution is 0.289. The highest BCUT2D eigenvalue weighted by Gasteiger charge is 2.11. The summed E-state index contributed by atoms with van der Waals surface area (Å²) < 4.78 is 7.05. The van der Waals surface area contributed by atoms with Gasteiger partial charge in [-0.1, -0.05) is 29.5 Å². The van der Waals surface area contributed by atoms with Gasteiger partial charge >= 0.3 is 0 Å². The molecule has 0 fully saturated rings. The summed E-state index contributed by atoms with van der Waals surface area (Å²) >= 11 is 1.24. The van der Waals surface area contributed by atoms with Gasteiger partial charge in [0.2, 0.25) is 5.16 Å². The highest BCUT2D eigenvalue weighted by molar-refractivity contribution is 7.99. The van der Waals surface area contributed by atoms with Gasteiger partial charge in [0.05, 0.1) is 11.8 Å². The van der Waals surface area contributed by atoms with Crippen molar-refractivity contribution >= 4 is 11.8 Å². The van der Waals surface area contributed by atoms with Crippen molar-refractivity contribution in [1.29, 1.82) is 5.26 Å². The van der Waals surface area contributed by atoms with Crippen LogP contribution in [0.3, 0.4) is 0 Å². The zero-order valence-electron chi connectivity index (χ0n) is 11.3. The number of thioether (sulfide) groups is 1. The van der Waals surface area contributed by atoms with Crippen LogP contribution in [0.1, 0.15) is 17.0 Å². The number of aromatic nitrogens is 3. The number of hydrogen-bond donors (Lipinski definition) is 1. The maximum atomic E-state index is 8.54. The Hall–Kier alpha value is -2.20. The van der Waals surface area contributed by atoms with Crippen molar-refractivity contribution in [3.63, 3.8) is 0 Å². The summed E-state index contributed by atoms with van der Waals surface area (Å²) in [5.41, 5.74) is 2.25. The average Bonchev–Trinajstić information content (AvgIpc) is 2.76. The molecule has 6 nitrogen and oxygen atoms in total. The first-order chi connectivity index (χ1) is 9.61. The molecule has 0 bridgehead atoms. The summed E-state index contributed by atoms with van der Waals surface area (Å²) in [4.78, 5) is 0. The molecule has 1 heterocycles. The number of rotatable bonds is 5. The number of nitrogen functional groups attached to an aromatic ring is 1. The van der Waals surface area contributed by atoms with Crippen molar-refractivity contribution in [2.24, 2.45) is 0 Å². The molecule has 20 heavy (non-hydrogen) atoms. The van der Waals surface area contributed by atoms with Crippen LogP contribution in [0, 0.1) is 25.2 Å². The molecule has 0 spiro atoms. The zero-order valence-corrected chi connectivity index (χ0v) is 12.1. The lowest BCUT2D eigenvalue weighted by Crippen LogP contribution is -2.16. The molecule has 1 aromatic carbocycles. The van der Waals surface area contributed by atoms with E-state index in [-0.39, 0.29) is 12.4 Å². The number of hydrogen-bond acceptors (Lipinski definition) is 6. The minimum absolute atomic E-state index is 0.237. The van der Waals surface area contributed by atoms with Gasteiger partial charge in [0, 0.05) is 0 Å². The van der Waals surface area contributed by atoms with Crippen LogP contribution in [0.5, 0.6) is 5.75 Å². The molecule has 0 aliphatic heterocycles. The Bertz CT molecular complexity index is 647. The third-order valence-electron chi connectivity index (χ3n) is 2.69. The van der Waals surface area contributed by atoms with Crippen molar-refractivity contribution < 1.29 is 4.74 Å². The number of nitrogens with zero attached hydrogens (tertiary/aromatic N) is 4. The van der Waals surface area contributed by atoms with Crippen LogP contribution in [0.2, 0.25) is 0 Å². The summed E-state index contributed by atoms with van der Waals surface area (Å²) in [6, 6.07) is 7.98. The van der Waals surface area contributed by atoms with Gasteiger partial charge < -0.3 is 10.6 Å². The van der Waals surface area contributed by atoms with Crippen LogP contribution in [0.25, 0.3) is 0 Å². The summed E-state index contributed by atoms with van der Waals surface area (Å²) in [6.07, 6.45) is 0. The molecule has 0 saturated heterocycles. The van der Waals surface area contributed by atoms with Gasteiger partial charge in [-0.15, -0.1) is 10.2 Å². The second-order valence-corrected chi connectivity index (χ2v) is 5.22. The van der Waals surface area contributed by atoms with Gasteiger partial charge in [-0.25, -0.2) is 4.68 Å². The standard InChI is InChI=1S/C13H15N5OS/c1-9-3-4-11(10(2)7-9)19-8-12-16-17-13(18(12)15)20-6-5-14/h3-4,7H,6,8,15H2,1-2H3. The Morgan fingerprint density at radius 3 is 2.90 bits per heavy atom. The molecule has 0 aliphatic carbocycles. The van der Waals surface area contributed by atoms with Gasteiger partial charge in [-0.05, 0) is 25.5 Å². The Morgan fingerprint density at radius 1 is 1.40 bits per heavy atom. The lowest BCUT2D eigenvalue weighted by atomic mass is 10.1. The quantitative estimate of drug-likeness (QED) is 0.667. The first-order valence-electron chi connectivity index (χ1n) is 6.01. The SMILES string of the molecule is Cc1ccc(OCc2nnc(SCC#N)n2N)c(C)c1. The van der Waals surface area contributed by atoms with E-state index < -0.39 is 0 Å². The van der Waals surface area contributed by atoms with E-state index in [9.17, 15) is 0 Å². The number of ether oxygens (including phenoxy) is 1. The van der Waals surface area contributed by atoms with E-state index in [2.05, 4.69) is 16.3 Å². The summed E-state index contributed by atoms with van der Waals surface area (Å²) in [6.45, 7) is 4.26. The van der Waals surface area contributed by atoms with Crippen molar-refractivity contribution in [2.75, 3.05) is 11.6 Å². The molecule has 0 amide bonds. The van der Waals surface area contributed by atoms with E-state index in [1.165, 1.54) is 22.0 Å². The predicted octanol–water partition coefficient (Wildman–Crippen LogP) is 1.80. The highest BCUT2D eigenvalue weighted by atomic mass is 32.2. The van der Waals surface area contributed by atoms with Crippen molar-refractivity contribution in [1.82, 2.24) is 14.9 Å². The molecule has 7 heteroatoms. The summed E-state index contributed by atoms with van der Waals surface area (Å²) in [5, 5.41) is 16.9. The molecule has 1 aromatic heterocycles. The topological polar surface area (TPSA) is 89.8 Å². The maximum absolute atomic E-state index is 8.54. The number of benzene rings is 1. The smallest absolute Gasteiger partial charge is 0.210 e. The highest BCUT2D eigenvalue weighted by Crippen LogP contribution is 2.20. The van der Waals surface area contributed by atoms with Crippen LogP contribution in [-0.2, 0) is 6.61 Å². The second-order valence-electron chi connectivity index (χ2n) is 4.27. The van der Waals surface area contributed by atoms with Gasteiger partial charge in [0.1, 0.15) is 12.4 Å². The Balaban J connectivity index is 2.04. The molecule has 0 radical (unpaired) electrons. The van der Waals surface area contributed by atoms with E-state index in [1.54, 1.807) is 0 Å². The molecular weight excluding hydrogens is 274 g/mol. The lowest BCUT2D eigenvalue weighted by Gasteiger charge is -2.09. The maximum Gasteiger partial charge on any atom is 0.210 e. The van der Waals surface area contributed by atoms with Crippen molar-refractivity contribution in [3.8, 4) is 11.8 Å². The van der Waals surface area contributed by atoms with Gasteiger partial charge in [0.25, 0.3) is 0 Å². The van der Waals surface area contributed by atoms with Gasteiger partial charge in [0.15, 0.2) is 5.82 Å². The molecule has 0 aliphatic rings. The fraction of sp³-hybridized carbons (Fsp3) is 0.308. The Kier molecular flexibility index (Phi) is 4.48. The Labute approximate surface area is 121 Å². The monoisotopic (exact) mass is 289 g/mol. The Morgan fingerprint density at radius 2 is 2.20 bits per heavy atom. The predicted molar refractivity (Wildman–Crippen MR) is 76.8 cm³/mol. The van der Waals surface area contributed by atoms with Crippen LogP contribution in [0.15, 0.2) is 23.4 Å². The molecule has 2 aromatic rings. The summed E-state index contributed by atoms with van der Waals surface area (Å²) in [5.74, 6) is 7.45. The minimum Gasteiger partial charge on any atom is -0.485 e. The fourth-order valence-corrected chi connectivity index (χ4v) is 2.24. The first kappa shape index (κ1) is 14.2. The largest absolute Gasteiger partial charge is 0.485 e. The molecule has 2 rings (SSSR count). The van der Waals surface area contributed by atoms with Crippen LogP contribution < -0.4 is 10.6 Å². The van der Waals surface area contributed by atoms with Crippen molar-refractivity contribution in [2.45, 2.75) is 25.6 Å². The van der Waals surface area contributed by atoms with Crippen LogP contribution in [0.4, 0.5) is 0 Å². The minimum atomic E-state index is 0.237. The van der Waals surface area contributed by atoms with Crippen LogP contribution in [-0.4, -0.2) is 20.6 Å². The van der Waals surface area contributed by atoms with E-state index in [4.69, 9.17) is 15.8 Å². The number of aryl methyl sites for hydroxylation is 2. The third kappa shape index (κ3) is 3.22. The van der Waals surface area contributed by atoms with Crippen LogP contribution >= 0.6 is 11.8 Å². The molecular formula is C13H15N5OS. The molecule has 0 atom stereocenters. The van der Waals surface area contributed by atoms with Crippen molar-refractivity contribution in [3.05, 3.63) is 35.2 Å². The molecule has 0 saturated carbocycles. The van der Waals surface area contributed by atoms with Gasteiger partial charge in [-0.2, -0.15) is 5.26 Å². The van der Waals surface area contributed by atoms with E-state index >= 15 is 0 Å². The molecule has 104 valence electrons. The fourth-order valence-electron chi connectivity index (χ4n) is 1.70. The first-order valence-corrected chi connectivity index (χ1v) is 6.99. The van der Waals surface area contributed by atoms with E-state index in [1.807, 2.05) is 32.0 Å². The third-order valence-corrected chi connectivity index (χ3v) is 3.50. The second kappa shape index (κ2) is 6.30. The average molecular weight is 289 g/mol. The number of nitriles is 1. The van der Waals surface area contributed by atoms with Gasteiger partial charge in [-0.3, -0.25) is 0 Å². The molecule has 0 unspecified atom stereocenters.